The molecule has 1 N–H and O–H groups in total. The summed E-state index contributed by atoms with van der Waals surface area (Å²) in [5.74, 6) is 3.92. The molecule has 2 aromatic rings. The number of amides is 2. The first-order chi connectivity index (χ1) is 14.9. The van der Waals surface area contributed by atoms with Gasteiger partial charge in [-0.05, 0) is 6.92 Å². The third-order valence-electron chi connectivity index (χ3n) is 5.08. The second-order valence-corrected chi connectivity index (χ2v) is 7.34. The van der Waals surface area contributed by atoms with E-state index in [2.05, 4.69) is 20.2 Å². The van der Waals surface area contributed by atoms with E-state index in [1.807, 2.05) is 32.0 Å². The van der Waals surface area contributed by atoms with Gasteiger partial charge in [0.15, 0.2) is 11.5 Å². The molecule has 0 unspecified atom stereocenters. The number of urea groups is 1. The number of nitrogens with zero attached hydrogens (tertiary/aromatic N) is 5. The van der Waals surface area contributed by atoms with Crippen LogP contribution in [0.3, 0.4) is 0 Å². The van der Waals surface area contributed by atoms with Gasteiger partial charge in [0.25, 0.3) is 0 Å². The van der Waals surface area contributed by atoms with Crippen LogP contribution < -0.4 is 29.3 Å². The molecular weight excluding hydrogens is 400 g/mol. The van der Waals surface area contributed by atoms with Gasteiger partial charge in [-0.2, -0.15) is 0 Å². The number of benzene rings is 1. The molecule has 0 bridgehead atoms. The third-order valence-corrected chi connectivity index (χ3v) is 5.08. The van der Waals surface area contributed by atoms with E-state index < -0.39 is 0 Å². The van der Waals surface area contributed by atoms with E-state index in [1.165, 1.54) is 0 Å². The Kier molecular flexibility index (Phi) is 6.88. The van der Waals surface area contributed by atoms with Crippen molar-refractivity contribution in [3.8, 4) is 17.2 Å². The largest absolute Gasteiger partial charge is 0.493 e. The van der Waals surface area contributed by atoms with Crippen LogP contribution in [0.15, 0.2) is 18.2 Å². The molecule has 0 spiro atoms. The van der Waals surface area contributed by atoms with Gasteiger partial charge in [-0.25, -0.2) is 14.8 Å². The summed E-state index contributed by atoms with van der Waals surface area (Å²) in [6.45, 7) is 4.42. The van der Waals surface area contributed by atoms with E-state index in [9.17, 15) is 4.79 Å². The normalized spacial score (nSPS) is 13.6. The molecule has 2 heterocycles. The third kappa shape index (κ3) is 5.01. The van der Waals surface area contributed by atoms with Gasteiger partial charge in [-0.3, -0.25) is 0 Å². The van der Waals surface area contributed by atoms with Crippen molar-refractivity contribution in [2.75, 3.05) is 76.7 Å². The minimum Gasteiger partial charge on any atom is -0.493 e. The molecule has 0 aliphatic carbocycles. The molecule has 1 fully saturated rings. The van der Waals surface area contributed by atoms with Gasteiger partial charge in [0.2, 0.25) is 5.75 Å². The highest BCUT2D eigenvalue weighted by Gasteiger charge is 2.23. The summed E-state index contributed by atoms with van der Waals surface area (Å²) in [6, 6.07) is 5.21. The number of aryl methyl sites for hydroxylation is 1. The highest BCUT2D eigenvalue weighted by atomic mass is 16.5. The summed E-state index contributed by atoms with van der Waals surface area (Å²) < 4.78 is 16.0. The molecule has 1 aliphatic heterocycles. The smallest absolute Gasteiger partial charge is 0.321 e. The van der Waals surface area contributed by atoms with Gasteiger partial charge in [0, 0.05) is 58.5 Å². The van der Waals surface area contributed by atoms with E-state index in [0.717, 1.165) is 17.5 Å². The Morgan fingerprint density at radius 2 is 1.58 bits per heavy atom. The van der Waals surface area contributed by atoms with Crippen LogP contribution in [0.5, 0.6) is 17.2 Å². The molecule has 10 nitrogen and oxygen atoms in total. The minimum absolute atomic E-state index is 0.179. The van der Waals surface area contributed by atoms with Crippen LogP contribution in [0.2, 0.25) is 0 Å². The fraction of sp³-hybridized carbons (Fsp3) is 0.476. The van der Waals surface area contributed by atoms with Crippen molar-refractivity contribution in [2.45, 2.75) is 6.92 Å². The van der Waals surface area contributed by atoms with Crippen LogP contribution in [0.4, 0.5) is 22.1 Å². The van der Waals surface area contributed by atoms with E-state index >= 15 is 0 Å². The Morgan fingerprint density at radius 1 is 0.968 bits per heavy atom. The van der Waals surface area contributed by atoms with Crippen molar-refractivity contribution in [3.05, 3.63) is 24.0 Å². The molecule has 31 heavy (non-hydrogen) atoms. The van der Waals surface area contributed by atoms with Gasteiger partial charge < -0.3 is 34.2 Å². The first-order valence-corrected chi connectivity index (χ1v) is 10.00. The molecule has 0 saturated carbocycles. The van der Waals surface area contributed by atoms with Crippen molar-refractivity contribution >= 4 is 23.4 Å². The number of nitrogens with one attached hydrogen (secondary N) is 1. The number of anilines is 3. The van der Waals surface area contributed by atoms with Crippen molar-refractivity contribution in [3.63, 3.8) is 0 Å². The molecule has 2 amide bonds. The first-order valence-electron chi connectivity index (χ1n) is 10.00. The second-order valence-electron chi connectivity index (χ2n) is 7.34. The molecule has 10 heteroatoms. The lowest BCUT2D eigenvalue weighted by Crippen LogP contribution is -2.50. The zero-order valence-electron chi connectivity index (χ0n) is 18.9. The maximum absolute atomic E-state index is 12.8. The Hall–Kier alpha value is -3.43. The van der Waals surface area contributed by atoms with Crippen LogP contribution in [0.25, 0.3) is 0 Å². The Labute approximate surface area is 182 Å². The second kappa shape index (κ2) is 9.59. The average Bonchev–Trinajstić information content (AvgIpc) is 2.77. The number of methoxy groups -OCH3 is 3. The van der Waals surface area contributed by atoms with Crippen LogP contribution in [0.1, 0.15) is 5.82 Å². The zero-order valence-corrected chi connectivity index (χ0v) is 18.9. The van der Waals surface area contributed by atoms with E-state index in [1.54, 1.807) is 38.4 Å². The SMILES string of the molecule is COc1cc(NC(=O)N2CCN(c3cc(N(C)C)nc(C)n3)CC2)cc(OC)c1OC. The fourth-order valence-electron chi connectivity index (χ4n) is 3.42. The molecule has 1 aliphatic rings. The van der Waals surface area contributed by atoms with Crippen LogP contribution in [0, 0.1) is 6.92 Å². The number of ether oxygens (including phenoxy) is 3. The van der Waals surface area contributed by atoms with Crippen LogP contribution in [-0.2, 0) is 0 Å². The molecule has 0 radical (unpaired) electrons. The Bertz CT molecular complexity index is 903. The first kappa shape index (κ1) is 22.3. The van der Waals surface area contributed by atoms with Crippen molar-refractivity contribution < 1.29 is 19.0 Å². The molecule has 1 aromatic carbocycles. The van der Waals surface area contributed by atoms with Crippen molar-refractivity contribution in [1.29, 1.82) is 0 Å². The predicted molar refractivity (Wildman–Crippen MR) is 120 cm³/mol. The summed E-state index contributed by atoms with van der Waals surface area (Å²) in [5.41, 5.74) is 0.573. The van der Waals surface area contributed by atoms with Gasteiger partial charge >= 0.3 is 6.03 Å². The summed E-state index contributed by atoms with van der Waals surface area (Å²) in [6.07, 6.45) is 0. The minimum atomic E-state index is -0.179. The highest BCUT2D eigenvalue weighted by molar-refractivity contribution is 5.90. The van der Waals surface area contributed by atoms with Gasteiger partial charge in [0.1, 0.15) is 17.5 Å². The number of piperazine rings is 1. The number of carbonyl (C=O) groups is 1. The lowest BCUT2D eigenvalue weighted by atomic mass is 10.2. The van der Waals surface area contributed by atoms with Crippen molar-refractivity contribution in [2.24, 2.45) is 0 Å². The van der Waals surface area contributed by atoms with Gasteiger partial charge in [-0.15, -0.1) is 0 Å². The zero-order chi connectivity index (χ0) is 22.5. The van der Waals surface area contributed by atoms with E-state index in [-0.39, 0.29) is 6.03 Å². The lowest BCUT2D eigenvalue weighted by Gasteiger charge is -2.35. The number of hydrogen-bond donors (Lipinski definition) is 1. The van der Waals surface area contributed by atoms with Crippen LogP contribution >= 0.6 is 0 Å². The highest BCUT2D eigenvalue weighted by Crippen LogP contribution is 2.40. The summed E-state index contributed by atoms with van der Waals surface area (Å²) >= 11 is 0. The van der Waals surface area contributed by atoms with E-state index in [0.29, 0.717) is 49.1 Å². The molecule has 0 atom stereocenters. The summed E-state index contributed by atoms with van der Waals surface area (Å²) in [5, 5.41) is 2.92. The predicted octanol–water partition coefficient (Wildman–Crippen LogP) is 2.23. The van der Waals surface area contributed by atoms with Gasteiger partial charge in [0.05, 0.1) is 27.0 Å². The molecular formula is C21H30N6O4. The van der Waals surface area contributed by atoms with Crippen LogP contribution in [-0.4, -0.2) is 82.5 Å². The monoisotopic (exact) mass is 430 g/mol. The number of carbonyl (C=O) groups excluding carboxylic acids is 1. The maximum atomic E-state index is 12.8. The molecule has 168 valence electrons. The van der Waals surface area contributed by atoms with E-state index in [4.69, 9.17) is 14.2 Å². The number of hydrogen-bond acceptors (Lipinski definition) is 8. The quantitative estimate of drug-likeness (QED) is 0.746. The number of rotatable bonds is 6. The molecule has 3 rings (SSSR count). The Morgan fingerprint density at radius 3 is 2.10 bits per heavy atom. The summed E-state index contributed by atoms with van der Waals surface area (Å²) in [4.78, 5) is 27.7. The maximum Gasteiger partial charge on any atom is 0.321 e. The Balaban J connectivity index is 1.66. The fourth-order valence-corrected chi connectivity index (χ4v) is 3.42. The molecule has 1 saturated heterocycles. The number of aromatic nitrogens is 2. The average molecular weight is 431 g/mol. The van der Waals surface area contributed by atoms with Crippen molar-refractivity contribution in [1.82, 2.24) is 14.9 Å². The molecule has 1 aromatic heterocycles. The summed E-state index contributed by atoms with van der Waals surface area (Å²) in [7, 11) is 8.53. The topological polar surface area (TPSA) is 92.3 Å². The standard InChI is InChI=1S/C21H30N6O4/c1-14-22-18(25(2)3)13-19(23-14)26-7-9-27(10-8-26)21(28)24-15-11-16(29-4)20(31-6)17(12-15)30-5/h11-13H,7-10H2,1-6H3,(H,24,28). The lowest BCUT2D eigenvalue weighted by molar-refractivity contribution is 0.208. The van der Waals surface area contributed by atoms with Gasteiger partial charge in [-0.1, -0.05) is 0 Å².